The van der Waals surface area contributed by atoms with Crippen LogP contribution < -0.4 is 11.5 Å². The van der Waals surface area contributed by atoms with Gasteiger partial charge in [-0.05, 0) is 48.9 Å². The molecule has 1 aromatic heterocycles. The molecule has 2 rings (SSSR count). The van der Waals surface area contributed by atoms with Crippen LogP contribution >= 0.6 is 0 Å². The van der Waals surface area contributed by atoms with Crippen molar-refractivity contribution in [3.63, 3.8) is 0 Å². The quantitative estimate of drug-likeness (QED) is 0.786. The highest BCUT2D eigenvalue weighted by Gasteiger charge is 2.07. The summed E-state index contributed by atoms with van der Waals surface area (Å²) < 4.78 is 0. The third kappa shape index (κ3) is 4.29. The number of nitrogens with two attached hydrogens (primary N) is 2. The van der Waals surface area contributed by atoms with Gasteiger partial charge in [-0.2, -0.15) is 0 Å². The Hall–Kier alpha value is -2.40. The molecule has 1 heterocycles. The van der Waals surface area contributed by atoms with Crippen molar-refractivity contribution in [1.29, 1.82) is 0 Å². The number of carbonyl (C=O) groups excluding carboxylic acids is 1. The smallest absolute Gasteiger partial charge is 0.248 e. The Morgan fingerprint density at radius 3 is 2.57 bits per heavy atom. The van der Waals surface area contributed by atoms with Crippen LogP contribution in [0.4, 0.5) is 5.69 Å². The van der Waals surface area contributed by atoms with E-state index in [1.54, 1.807) is 24.5 Å². The van der Waals surface area contributed by atoms with Gasteiger partial charge in [-0.15, -0.1) is 0 Å². The first-order valence-corrected chi connectivity index (χ1v) is 6.82. The maximum absolute atomic E-state index is 11.1. The van der Waals surface area contributed by atoms with Crippen LogP contribution in [0, 0.1) is 0 Å². The SMILES string of the molecule is CN(CCc1ccncc1)Cc1ccc(C(N)=O)cc1N. The Morgan fingerprint density at radius 2 is 1.95 bits per heavy atom. The summed E-state index contributed by atoms with van der Waals surface area (Å²) in [6.45, 7) is 1.65. The minimum absolute atomic E-state index is 0.440. The van der Waals surface area contributed by atoms with Crippen molar-refractivity contribution in [2.45, 2.75) is 13.0 Å². The fourth-order valence-electron chi connectivity index (χ4n) is 2.13. The number of primary amides is 1. The first kappa shape index (κ1) is 15.0. The van der Waals surface area contributed by atoms with E-state index in [0.717, 1.165) is 25.1 Å². The van der Waals surface area contributed by atoms with E-state index in [1.807, 2.05) is 25.2 Å². The molecule has 5 nitrogen and oxygen atoms in total. The van der Waals surface area contributed by atoms with Gasteiger partial charge in [0, 0.05) is 36.7 Å². The topological polar surface area (TPSA) is 85.2 Å². The monoisotopic (exact) mass is 284 g/mol. The third-order valence-electron chi connectivity index (χ3n) is 3.40. The van der Waals surface area contributed by atoms with Gasteiger partial charge >= 0.3 is 0 Å². The number of aromatic nitrogens is 1. The van der Waals surface area contributed by atoms with E-state index in [1.165, 1.54) is 5.56 Å². The van der Waals surface area contributed by atoms with Gasteiger partial charge in [-0.25, -0.2) is 0 Å². The van der Waals surface area contributed by atoms with Crippen LogP contribution in [0.2, 0.25) is 0 Å². The lowest BCUT2D eigenvalue weighted by Gasteiger charge is -2.18. The summed E-state index contributed by atoms with van der Waals surface area (Å²) in [5.41, 5.74) is 14.5. The van der Waals surface area contributed by atoms with E-state index in [-0.39, 0.29) is 0 Å². The molecule has 0 aliphatic heterocycles. The number of nitrogen functional groups attached to an aromatic ring is 1. The number of pyridine rings is 1. The molecule has 110 valence electrons. The molecule has 2 aromatic rings. The Morgan fingerprint density at radius 1 is 1.24 bits per heavy atom. The summed E-state index contributed by atoms with van der Waals surface area (Å²) in [6, 6.07) is 9.24. The highest BCUT2D eigenvalue weighted by atomic mass is 16.1. The highest BCUT2D eigenvalue weighted by Crippen LogP contribution is 2.16. The Kier molecular flexibility index (Phi) is 4.90. The molecule has 0 saturated heterocycles. The number of amides is 1. The Labute approximate surface area is 124 Å². The molecule has 0 unspecified atom stereocenters. The largest absolute Gasteiger partial charge is 0.398 e. The second-order valence-corrected chi connectivity index (χ2v) is 5.12. The van der Waals surface area contributed by atoms with Crippen molar-refractivity contribution < 1.29 is 4.79 Å². The average molecular weight is 284 g/mol. The molecule has 21 heavy (non-hydrogen) atoms. The third-order valence-corrected chi connectivity index (χ3v) is 3.40. The lowest BCUT2D eigenvalue weighted by molar-refractivity contribution is 0.100. The molecule has 1 amide bonds. The van der Waals surface area contributed by atoms with E-state index in [2.05, 4.69) is 9.88 Å². The summed E-state index contributed by atoms with van der Waals surface area (Å²) in [5.74, 6) is -0.459. The van der Waals surface area contributed by atoms with Gasteiger partial charge in [-0.3, -0.25) is 9.78 Å². The first-order chi connectivity index (χ1) is 10.1. The van der Waals surface area contributed by atoms with E-state index >= 15 is 0 Å². The zero-order valence-electron chi connectivity index (χ0n) is 12.1. The molecule has 0 bridgehead atoms. The molecule has 0 aliphatic rings. The number of anilines is 1. The molecule has 0 radical (unpaired) electrons. The molecule has 1 aromatic carbocycles. The molecular formula is C16H20N4O. The zero-order valence-corrected chi connectivity index (χ0v) is 12.1. The van der Waals surface area contributed by atoms with Gasteiger partial charge in [-0.1, -0.05) is 6.07 Å². The molecule has 0 aliphatic carbocycles. The van der Waals surface area contributed by atoms with Crippen molar-refractivity contribution in [2.75, 3.05) is 19.3 Å². The van der Waals surface area contributed by atoms with Gasteiger partial charge in [0.15, 0.2) is 0 Å². The number of rotatable bonds is 6. The predicted octanol–water partition coefficient (Wildman–Crippen LogP) is 1.44. The fourth-order valence-corrected chi connectivity index (χ4v) is 2.13. The van der Waals surface area contributed by atoms with Crippen LogP contribution in [-0.4, -0.2) is 29.4 Å². The average Bonchev–Trinajstić information content (AvgIpc) is 2.48. The predicted molar refractivity (Wildman–Crippen MR) is 83.6 cm³/mol. The van der Waals surface area contributed by atoms with Gasteiger partial charge in [0.1, 0.15) is 0 Å². The van der Waals surface area contributed by atoms with Crippen LogP contribution in [0.5, 0.6) is 0 Å². The van der Waals surface area contributed by atoms with Crippen molar-refractivity contribution in [1.82, 2.24) is 9.88 Å². The van der Waals surface area contributed by atoms with Crippen LogP contribution in [0.25, 0.3) is 0 Å². The Balaban J connectivity index is 1.93. The Bertz CT molecular complexity index is 613. The molecule has 4 N–H and O–H groups in total. The van der Waals surface area contributed by atoms with Crippen LogP contribution in [0.15, 0.2) is 42.7 Å². The molecular weight excluding hydrogens is 264 g/mol. The van der Waals surface area contributed by atoms with Crippen LogP contribution in [-0.2, 0) is 13.0 Å². The lowest BCUT2D eigenvalue weighted by atomic mass is 10.1. The molecule has 0 fully saturated rings. The number of nitrogens with zero attached hydrogens (tertiary/aromatic N) is 2. The number of carbonyl (C=O) groups is 1. The van der Waals surface area contributed by atoms with Gasteiger partial charge in [0.05, 0.1) is 0 Å². The zero-order chi connectivity index (χ0) is 15.2. The van der Waals surface area contributed by atoms with Gasteiger partial charge in [0.25, 0.3) is 0 Å². The lowest BCUT2D eigenvalue weighted by Crippen LogP contribution is -2.21. The van der Waals surface area contributed by atoms with Crippen LogP contribution in [0.1, 0.15) is 21.5 Å². The summed E-state index contributed by atoms with van der Waals surface area (Å²) in [7, 11) is 2.04. The normalized spacial score (nSPS) is 10.8. The summed E-state index contributed by atoms with van der Waals surface area (Å²) >= 11 is 0. The maximum Gasteiger partial charge on any atom is 0.248 e. The first-order valence-electron chi connectivity index (χ1n) is 6.82. The number of hydrogen-bond donors (Lipinski definition) is 2. The van der Waals surface area contributed by atoms with E-state index in [0.29, 0.717) is 11.3 Å². The maximum atomic E-state index is 11.1. The highest BCUT2D eigenvalue weighted by molar-refractivity contribution is 5.93. The van der Waals surface area contributed by atoms with Crippen molar-refractivity contribution in [3.05, 3.63) is 59.4 Å². The van der Waals surface area contributed by atoms with E-state index < -0.39 is 5.91 Å². The molecule has 0 spiro atoms. The van der Waals surface area contributed by atoms with E-state index in [4.69, 9.17) is 11.5 Å². The molecule has 0 atom stereocenters. The minimum atomic E-state index is -0.459. The van der Waals surface area contributed by atoms with Gasteiger partial charge in [0.2, 0.25) is 5.91 Å². The van der Waals surface area contributed by atoms with Crippen molar-refractivity contribution >= 4 is 11.6 Å². The molecule has 5 heteroatoms. The summed E-state index contributed by atoms with van der Waals surface area (Å²) in [6.07, 6.45) is 4.56. The van der Waals surface area contributed by atoms with Crippen LogP contribution in [0.3, 0.4) is 0 Å². The number of benzene rings is 1. The number of hydrogen-bond acceptors (Lipinski definition) is 4. The van der Waals surface area contributed by atoms with E-state index in [9.17, 15) is 4.79 Å². The van der Waals surface area contributed by atoms with Gasteiger partial charge < -0.3 is 16.4 Å². The molecule has 0 saturated carbocycles. The summed E-state index contributed by atoms with van der Waals surface area (Å²) in [5, 5.41) is 0. The standard InChI is InChI=1S/C16H20N4O/c1-20(9-6-12-4-7-19-8-5-12)11-14-3-2-13(16(18)21)10-15(14)17/h2-5,7-8,10H,6,9,11,17H2,1H3,(H2,18,21). The number of likely N-dealkylation sites (N-methyl/N-ethyl adjacent to an activating group) is 1. The minimum Gasteiger partial charge on any atom is -0.398 e. The van der Waals surface area contributed by atoms with Crippen molar-refractivity contribution in [2.24, 2.45) is 5.73 Å². The second-order valence-electron chi connectivity index (χ2n) is 5.12. The summed E-state index contributed by atoms with van der Waals surface area (Å²) in [4.78, 5) is 17.3. The van der Waals surface area contributed by atoms with Crippen molar-refractivity contribution in [3.8, 4) is 0 Å². The fraction of sp³-hybridized carbons (Fsp3) is 0.250. The second kappa shape index (κ2) is 6.85.